The Labute approximate surface area is 94.9 Å². The van der Waals surface area contributed by atoms with Crippen LogP contribution in [0.5, 0.6) is 0 Å². The topological polar surface area (TPSA) is 43.4 Å². The molecule has 0 bridgehead atoms. The molecule has 15 heavy (non-hydrogen) atoms. The Hall–Kier alpha value is -0.510. The van der Waals surface area contributed by atoms with Crippen LogP contribution in [-0.4, -0.2) is 28.9 Å². The fourth-order valence-corrected chi connectivity index (χ4v) is 1.89. The van der Waals surface area contributed by atoms with Crippen LogP contribution in [0.2, 0.25) is 0 Å². The molecule has 1 fully saturated rings. The summed E-state index contributed by atoms with van der Waals surface area (Å²) in [5.41, 5.74) is -0.432. The summed E-state index contributed by atoms with van der Waals surface area (Å²) in [6.07, 6.45) is 2.07. The number of hydrogen-bond donors (Lipinski definition) is 0. The quantitative estimate of drug-likeness (QED) is 0.678. The molecule has 0 spiro atoms. The Morgan fingerprint density at radius 3 is 2.33 bits per heavy atom. The van der Waals surface area contributed by atoms with Crippen molar-refractivity contribution in [2.45, 2.75) is 39.2 Å². The molecule has 1 aliphatic carbocycles. The Balaban J connectivity index is 2.08. The van der Waals surface area contributed by atoms with Crippen molar-refractivity contribution >= 4 is 23.5 Å². The standard InChI is InChI=1S/C11H18O3S/c1-11(2,3)14-10(13)7-15-6-9(12)8-4-5-8/h8H,4-7H2,1-3H3. The Morgan fingerprint density at radius 2 is 1.87 bits per heavy atom. The van der Waals surface area contributed by atoms with E-state index in [1.165, 1.54) is 11.8 Å². The van der Waals surface area contributed by atoms with Crippen LogP contribution >= 0.6 is 11.8 Å². The van der Waals surface area contributed by atoms with Crippen molar-refractivity contribution in [3.63, 3.8) is 0 Å². The average molecular weight is 230 g/mol. The van der Waals surface area contributed by atoms with Gasteiger partial charge in [0, 0.05) is 5.92 Å². The normalized spacial score (nSPS) is 16.2. The van der Waals surface area contributed by atoms with Gasteiger partial charge in [0.25, 0.3) is 0 Å². The molecule has 1 saturated carbocycles. The summed E-state index contributed by atoms with van der Waals surface area (Å²) in [6, 6.07) is 0. The van der Waals surface area contributed by atoms with Gasteiger partial charge in [-0.1, -0.05) is 0 Å². The molecule has 0 aromatic rings. The molecule has 0 radical (unpaired) electrons. The number of esters is 1. The third-order valence-corrected chi connectivity index (χ3v) is 2.85. The van der Waals surface area contributed by atoms with E-state index in [9.17, 15) is 9.59 Å². The molecule has 1 rings (SSSR count). The first-order chi connectivity index (χ1) is 6.88. The molecule has 4 heteroatoms. The van der Waals surface area contributed by atoms with Gasteiger partial charge in [-0.3, -0.25) is 9.59 Å². The molecule has 0 aromatic carbocycles. The van der Waals surface area contributed by atoms with E-state index >= 15 is 0 Å². The van der Waals surface area contributed by atoms with Crippen molar-refractivity contribution in [2.24, 2.45) is 5.92 Å². The third-order valence-electron chi connectivity index (χ3n) is 1.92. The van der Waals surface area contributed by atoms with Crippen LogP contribution in [-0.2, 0) is 14.3 Å². The van der Waals surface area contributed by atoms with Crippen molar-refractivity contribution in [2.75, 3.05) is 11.5 Å². The summed E-state index contributed by atoms with van der Waals surface area (Å²) < 4.78 is 5.12. The van der Waals surface area contributed by atoms with Gasteiger partial charge in [0.05, 0.1) is 11.5 Å². The summed E-state index contributed by atoms with van der Waals surface area (Å²) in [5.74, 6) is 1.05. The summed E-state index contributed by atoms with van der Waals surface area (Å²) >= 11 is 1.35. The van der Waals surface area contributed by atoms with Crippen LogP contribution < -0.4 is 0 Å². The lowest BCUT2D eigenvalue weighted by molar-refractivity contribution is -0.151. The first-order valence-corrected chi connectivity index (χ1v) is 6.36. The maximum absolute atomic E-state index is 11.3. The minimum atomic E-state index is -0.432. The summed E-state index contributed by atoms with van der Waals surface area (Å²) in [5, 5.41) is 0. The summed E-state index contributed by atoms with van der Waals surface area (Å²) in [4.78, 5) is 22.6. The van der Waals surface area contributed by atoms with Gasteiger partial charge in [0.1, 0.15) is 11.4 Å². The second kappa shape index (κ2) is 5.01. The minimum Gasteiger partial charge on any atom is -0.459 e. The van der Waals surface area contributed by atoms with Gasteiger partial charge >= 0.3 is 5.97 Å². The van der Waals surface area contributed by atoms with Crippen LogP contribution in [0.4, 0.5) is 0 Å². The predicted molar refractivity (Wildman–Crippen MR) is 60.9 cm³/mol. The van der Waals surface area contributed by atoms with Gasteiger partial charge in [0.2, 0.25) is 0 Å². The van der Waals surface area contributed by atoms with E-state index in [1.54, 1.807) is 0 Å². The average Bonchev–Trinajstić information content (AvgIpc) is 2.81. The van der Waals surface area contributed by atoms with E-state index < -0.39 is 5.60 Å². The second-order valence-corrected chi connectivity index (χ2v) is 5.81. The van der Waals surface area contributed by atoms with Crippen LogP contribution in [0, 0.1) is 5.92 Å². The Bertz CT molecular complexity index is 251. The van der Waals surface area contributed by atoms with Crippen molar-refractivity contribution in [1.82, 2.24) is 0 Å². The smallest absolute Gasteiger partial charge is 0.316 e. The fraction of sp³-hybridized carbons (Fsp3) is 0.818. The van der Waals surface area contributed by atoms with Crippen LogP contribution in [0.3, 0.4) is 0 Å². The van der Waals surface area contributed by atoms with Crippen molar-refractivity contribution in [3.8, 4) is 0 Å². The lowest BCUT2D eigenvalue weighted by Gasteiger charge is -2.19. The van der Waals surface area contributed by atoms with Gasteiger partial charge in [-0.15, -0.1) is 11.8 Å². The van der Waals surface area contributed by atoms with E-state index in [4.69, 9.17) is 4.74 Å². The summed E-state index contributed by atoms with van der Waals surface area (Å²) in [7, 11) is 0. The first kappa shape index (κ1) is 12.6. The van der Waals surface area contributed by atoms with E-state index in [2.05, 4.69) is 0 Å². The van der Waals surface area contributed by atoms with E-state index in [0.717, 1.165) is 12.8 Å². The van der Waals surface area contributed by atoms with Gasteiger partial charge < -0.3 is 4.74 Å². The number of rotatable bonds is 5. The fourth-order valence-electron chi connectivity index (χ4n) is 1.13. The zero-order valence-electron chi connectivity index (χ0n) is 9.54. The highest BCUT2D eigenvalue weighted by atomic mass is 32.2. The van der Waals surface area contributed by atoms with E-state index in [-0.39, 0.29) is 23.4 Å². The van der Waals surface area contributed by atoms with Gasteiger partial charge in [-0.25, -0.2) is 0 Å². The van der Waals surface area contributed by atoms with Crippen molar-refractivity contribution in [3.05, 3.63) is 0 Å². The highest BCUT2D eigenvalue weighted by Crippen LogP contribution is 2.30. The predicted octanol–water partition coefficient (Wildman–Crippen LogP) is 2.04. The largest absolute Gasteiger partial charge is 0.459 e. The third kappa shape index (κ3) is 5.82. The second-order valence-electron chi connectivity index (χ2n) is 4.82. The number of ketones is 1. The maximum Gasteiger partial charge on any atom is 0.316 e. The molecule has 1 aliphatic rings. The number of ether oxygens (including phenoxy) is 1. The lowest BCUT2D eigenvalue weighted by Crippen LogP contribution is -2.25. The molecule has 0 saturated heterocycles. The number of hydrogen-bond acceptors (Lipinski definition) is 4. The molecular formula is C11H18O3S. The number of carbonyl (C=O) groups is 2. The van der Waals surface area contributed by atoms with Crippen LogP contribution in [0.15, 0.2) is 0 Å². The maximum atomic E-state index is 11.3. The number of carbonyl (C=O) groups excluding carboxylic acids is 2. The molecule has 0 unspecified atom stereocenters. The highest BCUT2D eigenvalue weighted by Gasteiger charge is 2.29. The molecular weight excluding hydrogens is 212 g/mol. The zero-order chi connectivity index (χ0) is 11.5. The molecule has 0 atom stereocenters. The van der Waals surface area contributed by atoms with Crippen LogP contribution in [0.25, 0.3) is 0 Å². The minimum absolute atomic E-state index is 0.240. The van der Waals surface area contributed by atoms with Gasteiger partial charge in [0.15, 0.2) is 0 Å². The van der Waals surface area contributed by atoms with Gasteiger partial charge in [-0.05, 0) is 33.6 Å². The Kier molecular flexibility index (Phi) is 4.20. The molecule has 0 heterocycles. The zero-order valence-corrected chi connectivity index (χ0v) is 10.4. The summed E-state index contributed by atoms with van der Waals surface area (Å²) in [6.45, 7) is 5.51. The molecule has 0 aliphatic heterocycles. The Morgan fingerprint density at radius 1 is 1.27 bits per heavy atom. The highest BCUT2D eigenvalue weighted by molar-refractivity contribution is 8.00. The van der Waals surface area contributed by atoms with Crippen LogP contribution in [0.1, 0.15) is 33.6 Å². The molecule has 86 valence electrons. The molecule has 0 amide bonds. The monoisotopic (exact) mass is 230 g/mol. The van der Waals surface area contributed by atoms with Crippen molar-refractivity contribution in [1.29, 1.82) is 0 Å². The first-order valence-electron chi connectivity index (χ1n) is 5.21. The SMILES string of the molecule is CC(C)(C)OC(=O)CSCC(=O)C1CC1. The van der Waals surface area contributed by atoms with Gasteiger partial charge in [-0.2, -0.15) is 0 Å². The number of thioether (sulfide) groups is 1. The van der Waals surface area contributed by atoms with Crippen molar-refractivity contribution < 1.29 is 14.3 Å². The molecule has 0 aromatic heterocycles. The molecule has 0 N–H and O–H groups in total. The van der Waals surface area contributed by atoms with E-state index in [1.807, 2.05) is 20.8 Å². The van der Waals surface area contributed by atoms with E-state index in [0.29, 0.717) is 5.75 Å². The molecule has 3 nitrogen and oxygen atoms in total. The lowest BCUT2D eigenvalue weighted by atomic mass is 10.2. The number of Topliss-reactive ketones (excluding diaryl/α,β-unsaturated/α-hetero) is 1.